The number of carbonyl (C=O) groups is 1. The van der Waals surface area contributed by atoms with Crippen molar-refractivity contribution in [2.24, 2.45) is 0 Å². The molecule has 0 saturated carbocycles. The molecule has 0 fully saturated rings. The molecule has 3 aromatic carbocycles. The van der Waals surface area contributed by atoms with E-state index in [1.54, 1.807) is 48.5 Å². The minimum Gasteiger partial charge on any atom is -0.439 e. The number of halogens is 2. The Morgan fingerprint density at radius 3 is 2.32 bits per heavy atom. The predicted molar refractivity (Wildman–Crippen MR) is 107 cm³/mol. The van der Waals surface area contributed by atoms with Crippen LogP contribution in [0.2, 0.25) is 5.02 Å². The van der Waals surface area contributed by atoms with Crippen molar-refractivity contribution in [1.82, 2.24) is 0 Å². The number of benzene rings is 3. The number of rotatable bonds is 3. The Labute approximate surface area is 164 Å². The zero-order valence-electron chi connectivity index (χ0n) is 14.4. The average Bonchev–Trinajstić information content (AvgIpc) is 2.70. The van der Waals surface area contributed by atoms with Gasteiger partial charge in [0, 0.05) is 10.6 Å². The minimum absolute atomic E-state index is 0.00439. The molecule has 0 spiro atoms. The highest BCUT2D eigenvalue weighted by molar-refractivity contribution is 6.30. The van der Waals surface area contributed by atoms with E-state index >= 15 is 0 Å². The van der Waals surface area contributed by atoms with Crippen LogP contribution in [0.4, 0.5) is 10.3 Å². The van der Waals surface area contributed by atoms with Gasteiger partial charge in [0.2, 0.25) is 11.3 Å². The Kier molecular flexibility index (Phi) is 4.67. The van der Waals surface area contributed by atoms with Gasteiger partial charge in [-0.1, -0.05) is 35.9 Å². The lowest BCUT2D eigenvalue weighted by Crippen LogP contribution is -2.16. The topological polar surface area (TPSA) is 59.3 Å². The lowest BCUT2D eigenvalue weighted by Gasteiger charge is -2.11. The molecule has 1 aromatic heterocycles. The van der Waals surface area contributed by atoms with Crippen molar-refractivity contribution < 1.29 is 13.6 Å². The van der Waals surface area contributed by atoms with E-state index in [1.807, 2.05) is 0 Å². The van der Waals surface area contributed by atoms with Gasteiger partial charge in [-0.2, -0.15) is 0 Å². The number of hydrogen-bond donors (Lipinski definition) is 1. The zero-order chi connectivity index (χ0) is 19.7. The molecule has 0 unspecified atom stereocenters. The molecule has 0 aliphatic carbocycles. The number of carbonyl (C=O) groups excluding carboxylic acids is 1. The molecule has 4 nitrogen and oxygen atoms in total. The van der Waals surface area contributed by atoms with Gasteiger partial charge in [0.15, 0.2) is 0 Å². The molecule has 0 radical (unpaired) electrons. The average molecular weight is 394 g/mol. The van der Waals surface area contributed by atoms with Crippen LogP contribution < -0.4 is 10.7 Å². The molecule has 1 amide bonds. The van der Waals surface area contributed by atoms with Crippen LogP contribution in [0, 0.1) is 5.82 Å². The second-order valence-electron chi connectivity index (χ2n) is 6.10. The molecular weight excluding hydrogens is 381 g/mol. The lowest BCUT2D eigenvalue weighted by atomic mass is 10.0. The van der Waals surface area contributed by atoms with Crippen LogP contribution in [0.1, 0.15) is 10.4 Å². The molecule has 0 aliphatic heterocycles. The van der Waals surface area contributed by atoms with Gasteiger partial charge in [0.25, 0.3) is 5.91 Å². The Balaban J connectivity index is 1.87. The van der Waals surface area contributed by atoms with Crippen LogP contribution in [-0.4, -0.2) is 5.91 Å². The van der Waals surface area contributed by atoms with E-state index < -0.39 is 11.7 Å². The number of nitrogens with one attached hydrogen (secondary N) is 1. The van der Waals surface area contributed by atoms with Gasteiger partial charge >= 0.3 is 0 Å². The molecular formula is C22H13ClFNO3. The van der Waals surface area contributed by atoms with Gasteiger partial charge in [0.1, 0.15) is 11.4 Å². The molecule has 0 bridgehead atoms. The maximum Gasteiger partial charge on any atom is 0.257 e. The third-order valence-corrected chi connectivity index (χ3v) is 4.52. The summed E-state index contributed by atoms with van der Waals surface area (Å²) in [5.74, 6) is -0.894. The monoisotopic (exact) mass is 393 g/mol. The molecule has 1 N–H and O–H groups in total. The van der Waals surface area contributed by atoms with Crippen molar-refractivity contribution in [3.8, 4) is 11.1 Å². The first-order valence-corrected chi connectivity index (χ1v) is 8.79. The maximum atomic E-state index is 13.3. The molecule has 1 heterocycles. The van der Waals surface area contributed by atoms with E-state index in [2.05, 4.69) is 5.32 Å². The van der Waals surface area contributed by atoms with Gasteiger partial charge < -0.3 is 4.42 Å². The summed E-state index contributed by atoms with van der Waals surface area (Å²) in [7, 11) is 0. The van der Waals surface area contributed by atoms with E-state index in [0.717, 1.165) is 0 Å². The number of amides is 1. The summed E-state index contributed by atoms with van der Waals surface area (Å²) in [6.45, 7) is 0. The summed E-state index contributed by atoms with van der Waals surface area (Å²) in [5.41, 5.74) is 0.961. The van der Waals surface area contributed by atoms with Crippen LogP contribution in [0.5, 0.6) is 0 Å². The quantitative estimate of drug-likeness (QED) is 0.499. The highest BCUT2D eigenvalue weighted by Crippen LogP contribution is 2.29. The van der Waals surface area contributed by atoms with Crippen molar-refractivity contribution in [3.05, 3.63) is 99.4 Å². The van der Waals surface area contributed by atoms with Crippen LogP contribution in [0.15, 0.2) is 82.0 Å². The SMILES string of the molecule is O=C(Nc1oc2ccccc2c(=O)c1-c1ccc(F)cc1)c1ccc(Cl)cc1. The Morgan fingerprint density at radius 2 is 1.61 bits per heavy atom. The maximum absolute atomic E-state index is 13.3. The third kappa shape index (κ3) is 3.40. The van der Waals surface area contributed by atoms with Gasteiger partial charge in [-0.3, -0.25) is 14.9 Å². The van der Waals surface area contributed by atoms with Crippen molar-refractivity contribution in [1.29, 1.82) is 0 Å². The standard InChI is InChI=1S/C22H13ClFNO3/c23-15-9-5-14(6-10-15)21(27)25-22-19(13-7-11-16(24)12-8-13)20(26)17-3-1-2-4-18(17)28-22/h1-12H,(H,25,27). The molecule has 138 valence electrons. The van der Waals surface area contributed by atoms with Crippen LogP contribution in [0.25, 0.3) is 22.1 Å². The second-order valence-corrected chi connectivity index (χ2v) is 6.54. The van der Waals surface area contributed by atoms with Gasteiger partial charge in [-0.05, 0) is 54.1 Å². The molecule has 0 atom stereocenters. The molecule has 6 heteroatoms. The molecule has 28 heavy (non-hydrogen) atoms. The highest BCUT2D eigenvalue weighted by atomic mass is 35.5. The Bertz CT molecular complexity index is 1230. The smallest absolute Gasteiger partial charge is 0.257 e. The number of anilines is 1. The summed E-state index contributed by atoms with van der Waals surface area (Å²) in [6, 6.07) is 18.5. The highest BCUT2D eigenvalue weighted by Gasteiger charge is 2.19. The fourth-order valence-electron chi connectivity index (χ4n) is 2.89. The number of para-hydroxylation sites is 1. The van der Waals surface area contributed by atoms with Crippen molar-refractivity contribution in [2.45, 2.75) is 0 Å². The van der Waals surface area contributed by atoms with Crippen LogP contribution in [-0.2, 0) is 0 Å². The number of fused-ring (bicyclic) bond motifs is 1. The third-order valence-electron chi connectivity index (χ3n) is 4.26. The van der Waals surface area contributed by atoms with Gasteiger partial charge in [-0.15, -0.1) is 0 Å². The summed E-state index contributed by atoms with van der Waals surface area (Å²) in [5, 5.41) is 3.52. The minimum atomic E-state index is -0.460. The fraction of sp³-hybridized carbons (Fsp3) is 0. The normalized spacial score (nSPS) is 10.8. The van der Waals surface area contributed by atoms with Crippen LogP contribution >= 0.6 is 11.6 Å². The van der Waals surface area contributed by atoms with E-state index in [1.165, 1.54) is 24.3 Å². The first-order valence-electron chi connectivity index (χ1n) is 8.41. The summed E-state index contributed by atoms with van der Waals surface area (Å²) in [4.78, 5) is 25.7. The summed E-state index contributed by atoms with van der Waals surface area (Å²) < 4.78 is 19.2. The molecule has 4 aromatic rings. The Morgan fingerprint density at radius 1 is 0.929 bits per heavy atom. The first kappa shape index (κ1) is 17.9. The van der Waals surface area contributed by atoms with Crippen LogP contribution in [0.3, 0.4) is 0 Å². The summed E-state index contributed by atoms with van der Waals surface area (Å²) in [6.07, 6.45) is 0. The van der Waals surface area contributed by atoms with Crippen molar-refractivity contribution >= 4 is 34.4 Å². The lowest BCUT2D eigenvalue weighted by molar-refractivity contribution is 0.102. The predicted octanol–water partition coefficient (Wildman–Crippen LogP) is 5.50. The van der Waals surface area contributed by atoms with Crippen molar-refractivity contribution in [2.75, 3.05) is 5.32 Å². The second kappa shape index (κ2) is 7.29. The fourth-order valence-corrected chi connectivity index (χ4v) is 3.01. The zero-order valence-corrected chi connectivity index (χ0v) is 15.2. The van der Waals surface area contributed by atoms with E-state index in [9.17, 15) is 14.0 Å². The van der Waals surface area contributed by atoms with Gasteiger partial charge in [-0.25, -0.2) is 4.39 Å². The van der Waals surface area contributed by atoms with E-state index in [-0.39, 0.29) is 16.9 Å². The number of hydrogen-bond acceptors (Lipinski definition) is 3. The largest absolute Gasteiger partial charge is 0.439 e. The van der Waals surface area contributed by atoms with Crippen molar-refractivity contribution in [3.63, 3.8) is 0 Å². The molecule has 0 saturated heterocycles. The van der Waals surface area contributed by atoms with E-state index in [4.69, 9.17) is 16.0 Å². The molecule has 0 aliphatic rings. The summed E-state index contributed by atoms with van der Waals surface area (Å²) >= 11 is 5.86. The van der Waals surface area contributed by atoms with E-state index in [0.29, 0.717) is 27.1 Å². The molecule has 4 rings (SSSR count). The first-order chi connectivity index (χ1) is 13.5. The Hall–Kier alpha value is -3.44. The van der Waals surface area contributed by atoms with Gasteiger partial charge in [0.05, 0.1) is 10.9 Å².